The van der Waals surface area contributed by atoms with E-state index in [2.05, 4.69) is 17.2 Å². The van der Waals surface area contributed by atoms with E-state index < -0.39 is 0 Å². The summed E-state index contributed by atoms with van der Waals surface area (Å²) in [5.74, 6) is 0.854. The Kier molecular flexibility index (Phi) is 3.14. The van der Waals surface area contributed by atoms with Crippen LogP contribution in [0.2, 0.25) is 0 Å². The molecule has 1 aliphatic rings. The van der Waals surface area contributed by atoms with Crippen LogP contribution in [0.25, 0.3) is 0 Å². The molecular formula is C14H16N2O2S. The molecule has 0 fully saturated rings. The number of nitrogens with zero attached hydrogens (tertiary/aromatic N) is 1. The van der Waals surface area contributed by atoms with Crippen molar-refractivity contribution in [1.29, 1.82) is 0 Å². The summed E-state index contributed by atoms with van der Waals surface area (Å²) in [5, 5.41) is 3.51. The standard InChI is InChI=1S/C14H16N2O2S/c1-8-3-4-10-11(7-8)19-14(15-10)16-13(17)12-9(2)5-6-18-12/h5-6,8H,3-4,7H2,1-2H3,(H,15,16,17). The predicted octanol–water partition coefficient (Wildman–Crippen LogP) is 3.42. The summed E-state index contributed by atoms with van der Waals surface area (Å²) in [6, 6.07) is 1.78. The van der Waals surface area contributed by atoms with Gasteiger partial charge in [-0.3, -0.25) is 10.1 Å². The van der Waals surface area contributed by atoms with Gasteiger partial charge in [0, 0.05) is 10.4 Å². The maximum absolute atomic E-state index is 12.0. The zero-order valence-electron chi connectivity index (χ0n) is 11.0. The van der Waals surface area contributed by atoms with Crippen LogP contribution in [0.5, 0.6) is 0 Å². The molecule has 0 radical (unpaired) electrons. The largest absolute Gasteiger partial charge is 0.459 e. The van der Waals surface area contributed by atoms with Gasteiger partial charge in [-0.1, -0.05) is 6.92 Å². The summed E-state index contributed by atoms with van der Waals surface area (Å²) in [5.41, 5.74) is 1.99. The van der Waals surface area contributed by atoms with Crippen LogP contribution in [-0.2, 0) is 12.8 Å². The lowest BCUT2D eigenvalue weighted by atomic mass is 9.93. The number of fused-ring (bicyclic) bond motifs is 1. The third-order valence-corrected chi connectivity index (χ3v) is 4.51. The van der Waals surface area contributed by atoms with Gasteiger partial charge < -0.3 is 4.42 Å². The van der Waals surface area contributed by atoms with Crippen LogP contribution in [0.3, 0.4) is 0 Å². The average molecular weight is 276 g/mol. The molecule has 0 aliphatic heterocycles. The van der Waals surface area contributed by atoms with Crippen molar-refractivity contribution < 1.29 is 9.21 Å². The fraction of sp³-hybridized carbons (Fsp3) is 0.429. The molecule has 0 aromatic carbocycles. The minimum absolute atomic E-state index is 0.221. The first kappa shape index (κ1) is 12.4. The van der Waals surface area contributed by atoms with E-state index in [1.807, 2.05) is 6.92 Å². The van der Waals surface area contributed by atoms with E-state index in [0.717, 1.165) is 24.1 Å². The number of anilines is 1. The van der Waals surface area contributed by atoms with E-state index in [0.29, 0.717) is 16.8 Å². The zero-order valence-corrected chi connectivity index (χ0v) is 11.8. The predicted molar refractivity (Wildman–Crippen MR) is 74.7 cm³/mol. The number of aromatic nitrogens is 1. The fourth-order valence-electron chi connectivity index (χ4n) is 2.35. The minimum Gasteiger partial charge on any atom is -0.459 e. The second-order valence-electron chi connectivity index (χ2n) is 5.12. The summed E-state index contributed by atoms with van der Waals surface area (Å²) in [4.78, 5) is 17.9. The highest BCUT2D eigenvalue weighted by atomic mass is 32.1. The van der Waals surface area contributed by atoms with Crippen molar-refractivity contribution >= 4 is 22.4 Å². The van der Waals surface area contributed by atoms with Crippen molar-refractivity contribution in [3.8, 4) is 0 Å². The number of thiazole rings is 1. The SMILES string of the molecule is Cc1ccoc1C(=O)Nc1nc2c(s1)CC(C)CC2. The van der Waals surface area contributed by atoms with E-state index >= 15 is 0 Å². The first-order valence-corrected chi connectivity index (χ1v) is 7.29. The van der Waals surface area contributed by atoms with E-state index in [9.17, 15) is 4.79 Å². The summed E-state index contributed by atoms with van der Waals surface area (Å²) in [6.07, 6.45) is 4.80. The molecule has 1 amide bonds. The van der Waals surface area contributed by atoms with Gasteiger partial charge in [-0.05, 0) is 38.2 Å². The smallest absolute Gasteiger partial charge is 0.293 e. The number of carbonyl (C=O) groups excluding carboxylic acids is 1. The average Bonchev–Trinajstić information content (AvgIpc) is 2.94. The van der Waals surface area contributed by atoms with Crippen LogP contribution in [0.15, 0.2) is 16.7 Å². The van der Waals surface area contributed by atoms with Gasteiger partial charge in [0.15, 0.2) is 10.9 Å². The third kappa shape index (κ3) is 2.42. The molecule has 5 heteroatoms. The van der Waals surface area contributed by atoms with Gasteiger partial charge in [0.05, 0.1) is 12.0 Å². The summed E-state index contributed by atoms with van der Waals surface area (Å²) in [6.45, 7) is 4.11. The van der Waals surface area contributed by atoms with Crippen molar-refractivity contribution in [2.24, 2.45) is 5.92 Å². The number of nitrogens with one attached hydrogen (secondary N) is 1. The molecule has 1 atom stereocenters. The lowest BCUT2D eigenvalue weighted by Gasteiger charge is -2.15. The van der Waals surface area contributed by atoms with Crippen LogP contribution < -0.4 is 5.32 Å². The van der Waals surface area contributed by atoms with Gasteiger partial charge in [-0.2, -0.15) is 0 Å². The Labute approximate surface area is 115 Å². The molecule has 1 N–H and O–H groups in total. The first-order valence-electron chi connectivity index (χ1n) is 6.47. The maximum Gasteiger partial charge on any atom is 0.293 e. The molecule has 1 aliphatic carbocycles. The number of hydrogen-bond donors (Lipinski definition) is 1. The lowest BCUT2D eigenvalue weighted by Crippen LogP contribution is -2.12. The number of hydrogen-bond acceptors (Lipinski definition) is 4. The molecule has 0 spiro atoms. The van der Waals surface area contributed by atoms with Crippen molar-refractivity contribution in [2.45, 2.75) is 33.1 Å². The van der Waals surface area contributed by atoms with Gasteiger partial charge >= 0.3 is 0 Å². The molecule has 2 aromatic rings. The molecule has 19 heavy (non-hydrogen) atoms. The van der Waals surface area contributed by atoms with E-state index in [1.54, 1.807) is 17.4 Å². The zero-order chi connectivity index (χ0) is 13.4. The molecule has 100 valence electrons. The highest BCUT2D eigenvalue weighted by Crippen LogP contribution is 2.32. The first-order chi connectivity index (χ1) is 9.13. The van der Waals surface area contributed by atoms with Crippen molar-refractivity contribution in [2.75, 3.05) is 5.32 Å². The monoisotopic (exact) mass is 276 g/mol. The lowest BCUT2D eigenvalue weighted by molar-refractivity contribution is 0.0996. The Hall–Kier alpha value is -1.62. The van der Waals surface area contributed by atoms with Crippen molar-refractivity contribution in [3.63, 3.8) is 0 Å². The van der Waals surface area contributed by atoms with Gasteiger partial charge in [0.1, 0.15) is 0 Å². The molecule has 1 unspecified atom stereocenters. The number of rotatable bonds is 2. The Morgan fingerprint density at radius 1 is 1.58 bits per heavy atom. The molecule has 0 saturated carbocycles. The van der Waals surface area contributed by atoms with Crippen LogP contribution >= 0.6 is 11.3 Å². The second-order valence-corrected chi connectivity index (χ2v) is 6.21. The van der Waals surface area contributed by atoms with Crippen LogP contribution in [0, 0.1) is 12.8 Å². The molecule has 0 saturated heterocycles. The molecule has 2 aromatic heterocycles. The summed E-state index contributed by atoms with van der Waals surface area (Å²) < 4.78 is 5.18. The second kappa shape index (κ2) is 4.81. The Morgan fingerprint density at radius 3 is 3.16 bits per heavy atom. The third-order valence-electron chi connectivity index (χ3n) is 3.47. The van der Waals surface area contributed by atoms with E-state index in [4.69, 9.17) is 4.42 Å². The van der Waals surface area contributed by atoms with E-state index in [1.165, 1.54) is 17.6 Å². The van der Waals surface area contributed by atoms with Gasteiger partial charge in [0.25, 0.3) is 5.91 Å². The topological polar surface area (TPSA) is 55.1 Å². The highest BCUT2D eigenvalue weighted by Gasteiger charge is 2.21. The maximum atomic E-state index is 12.0. The van der Waals surface area contributed by atoms with Gasteiger partial charge in [0.2, 0.25) is 0 Å². The number of furan rings is 1. The van der Waals surface area contributed by atoms with Gasteiger partial charge in [-0.15, -0.1) is 11.3 Å². The Morgan fingerprint density at radius 2 is 2.42 bits per heavy atom. The number of amides is 1. The molecule has 2 heterocycles. The Bertz CT molecular complexity index is 615. The Balaban J connectivity index is 1.78. The molecule has 3 rings (SSSR count). The van der Waals surface area contributed by atoms with Crippen LogP contribution in [-0.4, -0.2) is 10.9 Å². The minimum atomic E-state index is -0.221. The van der Waals surface area contributed by atoms with Crippen molar-refractivity contribution in [1.82, 2.24) is 4.98 Å². The van der Waals surface area contributed by atoms with Crippen LogP contribution in [0.1, 0.15) is 40.0 Å². The van der Waals surface area contributed by atoms with Crippen LogP contribution in [0.4, 0.5) is 5.13 Å². The fourth-order valence-corrected chi connectivity index (χ4v) is 3.52. The summed E-state index contributed by atoms with van der Waals surface area (Å²) in [7, 11) is 0. The summed E-state index contributed by atoms with van der Waals surface area (Å²) >= 11 is 1.59. The van der Waals surface area contributed by atoms with E-state index in [-0.39, 0.29) is 5.91 Å². The van der Waals surface area contributed by atoms with Gasteiger partial charge in [-0.25, -0.2) is 4.98 Å². The van der Waals surface area contributed by atoms with Crippen molar-refractivity contribution in [3.05, 3.63) is 34.2 Å². The molecule has 4 nitrogen and oxygen atoms in total. The quantitative estimate of drug-likeness (QED) is 0.914. The number of aryl methyl sites for hydroxylation is 2. The molecule has 0 bridgehead atoms. The highest BCUT2D eigenvalue weighted by molar-refractivity contribution is 7.15. The molecular weight excluding hydrogens is 260 g/mol. The normalized spacial score (nSPS) is 18.1. The number of carbonyl (C=O) groups is 1.